The van der Waals surface area contributed by atoms with Crippen LogP contribution in [0.25, 0.3) is 0 Å². The molecule has 0 aliphatic heterocycles. The molecule has 6 nitrogen and oxygen atoms in total. The van der Waals surface area contributed by atoms with Crippen LogP contribution in [0.15, 0.2) is 0 Å². The highest BCUT2D eigenvalue weighted by atomic mass is 16.6. The van der Waals surface area contributed by atoms with E-state index >= 15 is 0 Å². The first kappa shape index (κ1) is 56.4. The van der Waals surface area contributed by atoms with Crippen molar-refractivity contribution in [3.8, 4) is 0 Å². The molecule has 0 fully saturated rings. The smallest absolute Gasteiger partial charge is 0.306 e. The fourth-order valence-electron chi connectivity index (χ4n) is 7.73. The van der Waals surface area contributed by atoms with Crippen LogP contribution in [0.2, 0.25) is 0 Å². The van der Waals surface area contributed by atoms with E-state index in [2.05, 4.69) is 41.5 Å². The second-order valence-electron chi connectivity index (χ2n) is 19.0. The van der Waals surface area contributed by atoms with Gasteiger partial charge in [0.25, 0.3) is 0 Å². The van der Waals surface area contributed by atoms with Crippen LogP contribution in [0.5, 0.6) is 0 Å². The maximum absolute atomic E-state index is 12.8. The summed E-state index contributed by atoms with van der Waals surface area (Å²) in [6.45, 7) is 13.7. The Bertz CT molecular complexity index is 900. The van der Waals surface area contributed by atoms with E-state index < -0.39 is 6.10 Å². The average Bonchev–Trinajstić information content (AvgIpc) is 3.19. The van der Waals surface area contributed by atoms with Crippen molar-refractivity contribution in [2.45, 2.75) is 285 Å². The molecule has 0 aromatic rings. The zero-order valence-corrected chi connectivity index (χ0v) is 39.8. The van der Waals surface area contributed by atoms with E-state index in [9.17, 15) is 14.4 Å². The summed E-state index contributed by atoms with van der Waals surface area (Å²) in [5, 5.41) is 0. The summed E-state index contributed by atoms with van der Waals surface area (Å²) in [4.78, 5) is 37.9. The van der Waals surface area contributed by atoms with Gasteiger partial charge in [0.15, 0.2) is 6.10 Å². The molecule has 0 radical (unpaired) electrons. The molecule has 1 unspecified atom stereocenters. The van der Waals surface area contributed by atoms with Crippen molar-refractivity contribution in [3.63, 3.8) is 0 Å². The van der Waals surface area contributed by atoms with Gasteiger partial charge in [0.2, 0.25) is 0 Å². The summed E-state index contributed by atoms with van der Waals surface area (Å²) in [5.41, 5.74) is 0. The van der Waals surface area contributed by atoms with Gasteiger partial charge in [0, 0.05) is 19.3 Å². The zero-order valence-electron chi connectivity index (χ0n) is 39.8. The Morgan fingerprint density at radius 2 is 0.603 bits per heavy atom. The van der Waals surface area contributed by atoms with Crippen LogP contribution in [0.1, 0.15) is 279 Å². The highest BCUT2D eigenvalue weighted by molar-refractivity contribution is 5.71. The first-order chi connectivity index (χ1) is 28.1. The lowest BCUT2D eigenvalue weighted by Gasteiger charge is -2.18. The lowest BCUT2D eigenvalue weighted by molar-refractivity contribution is -0.167. The SMILES string of the molecule is CCC(C)CCCCCCCCCCC(=O)OC[C@H](COC(=O)CCCCCCCCCCC(C)C)OC(=O)CCCCCCCCCCCCCCCCC(C)C. The molecule has 2 atom stereocenters. The van der Waals surface area contributed by atoms with E-state index in [1.54, 1.807) is 0 Å². The number of esters is 3. The number of hydrogen-bond acceptors (Lipinski definition) is 6. The molecule has 0 heterocycles. The first-order valence-electron chi connectivity index (χ1n) is 25.6. The van der Waals surface area contributed by atoms with Gasteiger partial charge in [-0.05, 0) is 37.0 Å². The summed E-state index contributed by atoms with van der Waals surface area (Å²) in [6.07, 6.45) is 42.3. The third-order valence-electron chi connectivity index (χ3n) is 12.0. The predicted molar refractivity (Wildman–Crippen MR) is 247 cm³/mol. The molecule has 344 valence electrons. The summed E-state index contributed by atoms with van der Waals surface area (Å²) in [6, 6.07) is 0. The number of ether oxygens (including phenoxy) is 3. The van der Waals surface area contributed by atoms with E-state index in [-0.39, 0.29) is 31.1 Å². The molecule has 0 bridgehead atoms. The zero-order chi connectivity index (χ0) is 42.7. The molecule has 0 aliphatic carbocycles. The van der Waals surface area contributed by atoms with Gasteiger partial charge in [0.05, 0.1) is 0 Å². The van der Waals surface area contributed by atoms with Crippen molar-refractivity contribution in [1.29, 1.82) is 0 Å². The summed E-state index contributed by atoms with van der Waals surface area (Å²) >= 11 is 0. The van der Waals surface area contributed by atoms with Gasteiger partial charge in [-0.1, -0.05) is 241 Å². The van der Waals surface area contributed by atoms with Gasteiger partial charge < -0.3 is 14.2 Å². The van der Waals surface area contributed by atoms with Gasteiger partial charge >= 0.3 is 17.9 Å². The standard InChI is InChI=1S/C52H100O6/c1-7-48(6)40-34-28-22-17-19-24-30-36-42-51(54)57-45-49(44-56-50(53)41-35-29-23-18-16-21-27-33-39-47(4)5)58-52(55)43-37-31-25-15-13-11-9-8-10-12-14-20-26-32-38-46(2)3/h46-49H,7-45H2,1-6H3/t48?,49-/m0/s1. The van der Waals surface area contributed by atoms with Crippen LogP contribution in [0.4, 0.5) is 0 Å². The van der Waals surface area contributed by atoms with Crippen LogP contribution in [-0.2, 0) is 28.6 Å². The highest BCUT2D eigenvalue weighted by Gasteiger charge is 2.19. The van der Waals surface area contributed by atoms with Gasteiger partial charge in [0.1, 0.15) is 13.2 Å². The third kappa shape index (κ3) is 44.0. The number of carbonyl (C=O) groups excluding carboxylic acids is 3. The minimum Gasteiger partial charge on any atom is -0.462 e. The fraction of sp³-hybridized carbons (Fsp3) is 0.942. The van der Waals surface area contributed by atoms with E-state index in [1.165, 1.54) is 161 Å². The Morgan fingerprint density at radius 3 is 0.897 bits per heavy atom. The molecular weight excluding hydrogens is 721 g/mol. The molecular formula is C52H100O6. The fourth-order valence-corrected chi connectivity index (χ4v) is 7.73. The molecule has 6 heteroatoms. The lowest BCUT2D eigenvalue weighted by atomic mass is 9.99. The van der Waals surface area contributed by atoms with Crippen molar-refractivity contribution >= 4 is 17.9 Å². The van der Waals surface area contributed by atoms with E-state index in [0.717, 1.165) is 75.5 Å². The molecule has 58 heavy (non-hydrogen) atoms. The van der Waals surface area contributed by atoms with Crippen molar-refractivity contribution in [1.82, 2.24) is 0 Å². The van der Waals surface area contributed by atoms with Gasteiger partial charge in [-0.2, -0.15) is 0 Å². The molecule has 0 saturated carbocycles. The normalized spacial score (nSPS) is 12.6. The summed E-state index contributed by atoms with van der Waals surface area (Å²) in [5.74, 6) is 1.63. The van der Waals surface area contributed by atoms with Crippen LogP contribution >= 0.6 is 0 Å². The number of unbranched alkanes of at least 4 members (excludes halogenated alkanes) is 27. The Balaban J connectivity index is 4.31. The van der Waals surface area contributed by atoms with Gasteiger partial charge in [-0.25, -0.2) is 0 Å². The summed E-state index contributed by atoms with van der Waals surface area (Å²) < 4.78 is 16.8. The van der Waals surface area contributed by atoms with Crippen molar-refractivity contribution < 1.29 is 28.6 Å². The van der Waals surface area contributed by atoms with Gasteiger partial charge in [-0.3, -0.25) is 14.4 Å². The molecule has 0 saturated heterocycles. The number of rotatable bonds is 45. The maximum Gasteiger partial charge on any atom is 0.306 e. The van der Waals surface area contributed by atoms with E-state index in [1.807, 2.05) is 0 Å². The van der Waals surface area contributed by atoms with Crippen LogP contribution in [-0.4, -0.2) is 37.2 Å². The maximum atomic E-state index is 12.8. The highest BCUT2D eigenvalue weighted by Crippen LogP contribution is 2.18. The first-order valence-corrected chi connectivity index (χ1v) is 25.6. The quantitative estimate of drug-likeness (QED) is 0.0346. The Morgan fingerprint density at radius 1 is 0.345 bits per heavy atom. The van der Waals surface area contributed by atoms with Crippen molar-refractivity contribution in [3.05, 3.63) is 0 Å². The lowest BCUT2D eigenvalue weighted by Crippen LogP contribution is -2.30. The molecule has 0 N–H and O–H groups in total. The van der Waals surface area contributed by atoms with Crippen molar-refractivity contribution in [2.75, 3.05) is 13.2 Å². The topological polar surface area (TPSA) is 78.9 Å². The Kier molecular flexibility index (Phi) is 42.3. The average molecular weight is 821 g/mol. The Hall–Kier alpha value is -1.59. The third-order valence-corrected chi connectivity index (χ3v) is 12.0. The van der Waals surface area contributed by atoms with Gasteiger partial charge in [-0.15, -0.1) is 0 Å². The van der Waals surface area contributed by atoms with E-state index in [0.29, 0.717) is 19.3 Å². The second-order valence-corrected chi connectivity index (χ2v) is 19.0. The van der Waals surface area contributed by atoms with Crippen LogP contribution < -0.4 is 0 Å². The van der Waals surface area contributed by atoms with Crippen LogP contribution in [0.3, 0.4) is 0 Å². The number of carbonyl (C=O) groups is 3. The van der Waals surface area contributed by atoms with Crippen molar-refractivity contribution in [2.24, 2.45) is 17.8 Å². The molecule has 0 aliphatic rings. The minimum absolute atomic E-state index is 0.0655. The summed E-state index contributed by atoms with van der Waals surface area (Å²) in [7, 11) is 0. The monoisotopic (exact) mass is 821 g/mol. The largest absolute Gasteiger partial charge is 0.462 e. The van der Waals surface area contributed by atoms with Crippen LogP contribution in [0, 0.1) is 17.8 Å². The second kappa shape index (κ2) is 43.5. The predicted octanol–water partition coefficient (Wildman–Crippen LogP) is 16.4. The number of hydrogen-bond donors (Lipinski definition) is 0. The molecule has 0 aromatic heterocycles. The molecule has 0 spiro atoms. The molecule has 0 rings (SSSR count). The molecule has 0 aromatic carbocycles. The van der Waals surface area contributed by atoms with E-state index in [4.69, 9.17) is 14.2 Å². The minimum atomic E-state index is -0.763. The Labute approximate surface area is 361 Å². The molecule has 0 amide bonds.